The number of aromatic nitrogens is 12. The minimum absolute atomic E-state index is 0. The first-order valence-electron chi connectivity index (χ1n) is 32.5. The first kappa shape index (κ1) is 68.7. The fourth-order valence-corrected chi connectivity index (χ4v) is 12.6. The molecule has 0 aliphatic heterocycles. The third-order valence-corrected chi connectivity index (χ3v) is 17.6. The van der Waals surface area contributed by atoms with Gasteiger partial charge in [0.1, 0.15) is 0 Å². The van der Waals surface area contributed by atoms with Crippen molar-refractivity contribution in [3.05, 3.63) is 213 Å². The fraction of sp³-hybridized carbons (Fsp3) is 0.425. The second-order valence-electron chi connectivity index (χ2n) is 24.1. The first-order valence-corrected chi connectivity index (χ1v) is 32.5. The summed E-state index contributed by atoms with van der Waals surface area (Å²) >= 11 is 0. The van der Waals surface area contributed by atoms with Gasteiger partial charge in [-0.3, -0.25) is 43.4 Å². The molecular weight excluding hydrogens is 1190 g/mol. The molecule has 3 atom stereocenters. The van der Waals surface area contributed by atoms with E-state index >= 15 is 0 Å². The lowest BCUT2D eigenvalue weighted by Crippen LogP contribution is -2.08. The molecule has 1 unspecified atom stereocenters. The van der Waals surface area contributed by atoms with E-state index in [1.807, 2.05) is 50.8 Å². The van der Waals surface area contributed by atoms with Crippen LogP contribution in [0.2, 0.25) is 0 Å². The molecule has 3 aliphatic rings. The van der Waals surface area contributed by atoms with Gasteiger partial charge in [0, 0.05) is 127 Å². The van der Waals surface area contributed by atoms with Gasteiger partial charge in [-0.25, -0.2) is 15.0 Å². The van der Waals surface area contributed by atoms with Gasteiger partial charge in [-0.2, -0.15) is 15.3 Å². The average Bonchev–Trinajstić information content (AvgIpc) is 1.71. The molecule has 9 aromatic heterocycles. The molecule has 494 valence electrons. The molecule has 9 aromatic rings. The lowest BCUT2D eigenvalue weighted by molar-refractivity contribution is -0.138. The Morgan fingerprint density at radius 2 is 0.681 bits per heavy atom. The molecule has 0 bridgehead atoms. The molecule has 0 saturated heterocycles. The van der Waals surface area contributed by atoms with Gasteiger partial charge in [0.25, 0.3) is 0 Å². The summed E-state index contributed by atoms with van der Waals surface area (Å²) in [7, 11) is 4.67. The highest BCUT2D eigenvalue weighted by molar-refractivity contribution is 5.70. The molecule has 12 rings (SSSR count). The molecule has 0 spiro atoms. The van der Waals surface area contributed by atoms with Crippen molar-refractivity contribution in [3.8, 4) is 17.6 Å². The summed E-state index contributed by atoms with van der Waals surface area (Å²) in [5.74, 6) is -1.95. The molecule has 3 N–H and O–H groups in total. The Morgan fingerprint density at radius 3 is 0.936 bits per heavy atom. The van der Waals surface area contributed by atoms with Crippen molar-refractivity contribution in [1.29, 1.82) is 0 Å². The van der Waals surface area contributed by atoms with Gasteiger partial charge in [0.15, 0.2) is 0 Å². The number of fused-ring (bicyclic) bond motifs is 3. The largest absolute Gasteiger partial charge is 0.481 e. The van der Waals surface area contributed by atoms with Gasteiger partial charge in [-0.15, -0.1) is 0 Å². The Bertz CT molecular complexity index is 3490. The third kappa shape index (κ3) is 19.5. The van der Waals surface area contributed by atoms with Crippen LogP contribution in [-0.2, 0) is 91.8 Å². The van der Waals surface area contributed by atoms with E-state index in [1.54, 1.807) is 76.7 Å². The van der Waals surface area contributed by atoms with Gasteiger partial charge in [0.05, 0.1) is 59.2 Å². The number of carboxylic acid groups (broad SMARTS) is 3. The molecule has 9 heterocycles. The number of carbonyl (C=O) groups is 3. The van der Waals surface area contributed by atoms with Crippen LogP contribution in [0.15, 0.2) is 129 Å². The summed E-state index contributed by atoms with van der Waals surface area (Å²) in [6.07, 6.45) is 35.8. The number of methoxy groups -OCH3 is 3. The molecule has 0 aromatic carbocycles. The van der Waals surface area contributed by atoms with Crippen molar-refractivity contribution in [3.63, 3.8) is 0 Å². The van der Waals surface area contributed by atoms with Crippen LogP contribution in [0.25, 0.3) is 0 Å². The minimum atomic E-state index is -0.855. The smallest absolute Gasteiger partial charge is 0.304 e. The third-order valence-electron chi connectivity index (χ3n) is 17.6. The molecule has 0 radical (unpaired) electrons. The Balaban J connectivity index is 0.000000165. The number of hydrogen-bond donors (Lipinski definition) is 3. The van der Waals surface area contributed by atoms with E-state index in [4.69, 9.17) is 29.2 Å². The second kappa shape index (κ2) is 34.3. The predicted molar refractivity (Wildman–Crippen MR) is 356 cm³/mol. The maximum Gasteiger partial charge on any atom is 0.304 e. The minimum Gasteiger partial charge on any atom is -0.481 e. The van der Waals surface area contributed by atoms with E-state index in [2.05, 4.69) is 66.6 Å². The van der Waals surface area contributed by atoms with E-state index in [1.165, 1.54) is 72.3 Å². The lowest BCUT2D eigenvalue weighted by Gasteiger charge is -2.15. The summed E-state index contributed by atoms with van der Waals surface area (Å²) < 4.78 is 21.0. The van der Waals surface area contributed by atoms with Gasteiger partial charge in [-0.05, 0) is 184 Å². The van der Waals surface area contributed by atoms with Gasteiger partial charge >= 0.3 is 17.9 Å². The van der Waals surface area contributed by atoms with Crippen molar-refractivity contribution < 1.29 is 43.9 Å². The quantitative estimate of drug-likeness (QED) is 0.0432. The number of rotatable bonds is 27. The maximum atomic E-state index is 11.4. The summed E-state index contributed by atoms with van der Waals surface area (Å²) in [6, 6.07) is 24.0. The van der Waals surface area contributed by atoms with E-state index in [0.29, 0.717) is 17.6 Å². The number of aliphatic carboxylic acids is 3. The Labute approximate surface area is 550 Å². The SMILES string of the molecule is C.COc1ccc(C(CC(=O)O)c2cnn(CCCc3ccc4c(n3)CCCC4)c2)cn1.COc1ccc([C@@H](CC(=O)O)c2cnn(CCCc3ccc4c(n3)CCCC4)c2)cn1.COc1ccc([C@H](CC(=O)O)c2cnn(CCCc3ccc4c(n3)CCCC4)c2)cn1. The molecule has 21 nitrogen and oxygen atoms in total. The van der Waals surface area contributed by atoms with E-state index in [0.717, 1.165) is 147 Å². The van der Waals surface area contributed by atoms with Crippen LogP contribution in [0.3, 0.4) is 0 Å². The second-order valence-corrected chi connectivity index (χ2v) is 24.1. The number of nitrogens with zero attached hydrogens (tertiary/aromatic N) is 12. The monoisotopic (exact) mass is 1280 g/mol. The number of hydrogen-bond acceptors (Lipinski definition) is 15. The van der Waals surface area contributed by atoms with Crippen molar-refractivity contribution in [2.45, 2.75) is 180 Å². The number of aryl methyl sites for hydroxylation is 12. The zero-order valence-electron chi connectivity index (χ0n) is 53.5. The summed E-state index contributed by atoms with van der Waals surface area (Å²) in [5, 5.41) is 41.5. The number of pyridine rings is 6. The molecular formula is C73H88N12O9. The van der Waals surface area contributed by atoms with Crippen molar-refractivity contribution in [2.24, 2.45) is 0 Å². The standard InChI is InChI=1S/3C24H28N4O3.CH4/c3*1-31-23-11-9-18(14-25-23)21(13-24(29)30)19-15-26-28(16-19)12-4-6-20-10-8-17-5-2-3-7-22(17)27-20;/h3*8-11,14-16,21H,2-7,12-13H2,1H3,(H,29,30);1H4/t2*21-;;/m10../s1. The van der Waals surface area contributed by atoms with Crippen LogP contribution in [0.4, 0.5) is 0 Å². The topological polar surface area (TPSA) is 270 Å². The van der Waals surface area contributed by atoms with Gasteiger partial charge in [-0.1, -0.05) is 43.8 Å². The van der Waals surface area contributed by atoms with Crippen molar-refractivity contribution in [1.82, 2.24) is 59.2 Å². The summed E-state index contributed by atoms with van der Waals surface area (Å²) in [5.41, 5.74) is 16.6. The van der Waals surface area contributed by atoms with Crippen LogP contribution in [0.1, 0.15) is 186 Å². The molecule has 0 amide bonds. The van der Waals surface area contributed by atoms with Crippen LogP contribution >= 0.6 is 0 Å². The van der Waals surface area contributed by atoms with Crippen molar-refractivity contribution >= 4 is 17.9 Å². The van der Waals surface area contributed by atoms with Crippen LogP contribution in [0.5, 0.6) is 17.6 Å². The average molecular weight is 1280 g/mol. The Kier molecular flexibility index (Phi) is 25.1. The summed E-state index contributed by atoms with van der Waals surface area (Å²) in [6.45, 7) is 2.29. The van der Waals surface area contributed by atoms with Crippen LogP contribution in [0, 0.1) is 0 Å². The Morgan fingerprint density at radius 1 is 0.394 bits per heavy atom. The van der Waals surface area contributed by atoms with E-state index in [9.17, 15) is 29.7 Å². The first-order chi connectivity index (χ1) is 45.4. The van der Waals surface area contributed by atoms with Crippen molar-refractivity contribution in [2.75, 3.05) is 21.3 Å². The molecule has 3 aliphatic carbocycles. The zero-order valence-corrected chi connectivity index (χ0v) is 53.5. The molecule has 21 heteroatoms. The van der Waals surface area contributed by atoms with Gasteiger partial charge in [0.2, 0.25) is 17.6 Å². The number of carboxylic acids is 3. The normalized spacial score (nSPS) is 13.9. The highest BCUT2D eigenvalue weighted by atomic mass is 16.5. The number of ether oxygens (including phenoxy) is 3. The lowest BCUT2D eigenvalue weighted by atomic mass is 9.92. The zero-order chi connectivity index (χ0) is 64.9. The van der Waals surface area contributed by atoms with Gasteiger partial charge < -0.3 is 29.5 Å². The maximum absolute atomic E-state index is 11.4. The molecule has 0 fully saturated rings. The highest BCUT2D eigenvalue weighted by Gasteiger charge is 2.24. The fourth-order valence-electron chi connectivity index (χ4n) is 12.6. The van der Waals surface area contributed by atoms with E-state index in [-0.39, 0.29) is 44.4 Å². The van der Waals surface area contributed by atoms with Crippen LogP contribution < -0.4 is 14.2 Å². The predicted octanol–water partition coefficient (Wildman–Crippen LogP) is 12.0. The highest BCUT2D eigenvalue weighted by Crippen LogP contribution is 2.32. The Hall–Kier alpha value is -9.66. The molecule has 94 heavy (non-hydrogen) atoms. The summed E-state index contributed by atoms with van der Waals surface area (Å²) in [4.78, 5) is 61.5. The molecule has 0 saturated carbocycles. The van der Waals surface area contributed by atoms with Crippen LogP contribution in [-0.4, -0.2) is 114 Å². The van der Waals surface area contributed by atoms with E-state index < -0.39 is 17.9 Å².